The first-order chi connectivity index (χ1) is 10.7. The number of carbonyl (C=O) groups is 1. The number of aromatic nitrogens is 2. The van der Waals surface area contributed by atoms with Crippen LogP contribution in [-0.4, -0.2) is 46.3 Å². The molecule has 2 heterocycles. The second kappa shape index (κ2) is 7.27. The van der Waals surface area contributed by atoms with E-state index in [1.165, 1.54) is 44.1 Å². The molecule has 2 fully saturated rings. The summed E-state index contributed by atoms with van der Waals surface area (Å²) in [6.45, 7) is 5.06. The van der Waals surface area contributed by atoms with Crippen LogP contribution >= 0.6 is 0 Å². The minimum atomic E-state index is 0.285. The summed E-state index contributed by atoms with van der Waals surface area (Å²) in [6.07, 6.45) is 11.6. The maximum Gasteiger partial charge on any atom is 0.236 e. The van der Waals surface area contributed by atoms with Crippen molar-refractivity contribution in [3.63, 3.8) is 0 Å². The molecule has 0 radical (unpaired) electrons. The lowest BCUT2D eigenvalue weighted by Crippen LogP contribution is -2.52. The fraction of sp³-hybridized carbons (Fsp3) is 0.765. The summed E-state index contributed by atoms with van der Waals surface area (Å²) in [7, 11) is 0. The zero-order valence-electron chi connectivity index (χ0n) is 13.6. The lowest BCUT2D eigenvalue weighted by atomic mass is 9.78. The molecule has 0 unspecified atom stereocenters. The number of nitrogens with zero attached hydrogens (tertiary/aromatic N) is 3. The summed E-state index contributed by atoms with van der Waals surface area (Å²) < 4.78 is 1.92. The molecule has 1 N–H and O–H groups in total. The van der Waals surface area contributed by atoms with Crippen LogP contribution in [0.5, 0.6) is 0 Å². The summed E-state index contributed by atoms with van der Waals surface area (Å²) in [5.41, 5.74) is 1.17. The molecule has 1 saturated carbocycles. The van der Waals surface area contributed by atoms with Crippen molar-refractivity contribution >= 4 is 5.91 Å². The van der Waals surface area contributed by atoms with Gasteiger partial charge in [0, 0.05) is 25.3 Å². The standard InChI is InChI=1S/C17H28N4O/c1-14-11-19-20(13-14)10-8-18-12-17(22)21-9-4-6-15-5-2-3-7-16(15)21/h11,13,15-16,18H,2-10,12H2,1H3/t15-,16-/m0/s1. The van der Waals surface area contributed by atoms with Crippen molar-refractivity contribution in [3.8, 4) is 0 Å². The second-order valence-electron chi connectivity index (χ2n) is 6.80. The van der Waals surface area contributed by atoms with Crippen LogP contribution in [0.4, 0.5) is 0 Å². The fourth-order valence-electron chi connectivity index (χ4n) is 4.01. The predicted molar refractivity (Wildman–Crippen MR) is 86.5 cm³/mol. The van der Waals surface area contributed by atoms with Crippen molar-refractivity contribution in [1.29, 1.82) is 0 Å². The third-order valence-corrected chi connectivity index (χ3v) is 5.12. The molecular formula is C17H28N4O. The van der Waals surface area contributed by atoms with Gasteiger partial charge in [0.25, 0.3) is 0 Å². The molecular weight excluding hydrogens is 276 g/mol. The predicted octanol–water partition coefficient (Wildman–Crippen LogP) is 1.96. The van der Waals surface area contributed by atoms with Gasteiger partial charge in [0.1, 0.15) is 0 Å². The average Bonchev–Trinajstić information content (AvgIpc) is 2.96. The quantitative estimate of drug-likeness (QED) is 0.846. The number of rotatable bonds is 5. The Morgan fingerprint density at radius 1 is 1.32 bits per heavy atom. The Bertz CT molecular complexity index is 497. The molecule has 0 bridgehead atoms. The van der Waals surface area contributed by atoms with E-state index in [4.69, 9.17) is 0 Å². The van der Waals surface area contributed by atoms with Gasteiger partial charge >= 0.3 is 0 Å². The molecule has 2 aliphatic rings. The van der Waals surface area contributed by atoms with E-state index in [1.807, 2.05) is 24.0 Å². The third-order valence-electron chi connectivity index (χ3n) is 5.12. The highest BCUT2D eigenvalue weighted by Crippen LogP contribution is 2.35. The van der Waals surface area contributed by atoms with Gasteiger partial charge in [-0.3, -0.25) is 9.48 Å². The Morgan fingerprint density at radius 3 is 2.95 bits per heavy atom. The summed E-state index contributed by atoms with van der Waals surface area (Å²) in [5.74, 6) is 1.05. The van der Waals surface area contributed by atoms with E-state index in [1.54, 1.807) is 0 Å². The van der Waals surface area contributed by atoms with E-state index in [-0.39, 0.29) is 5.91 Å². The smallest absolute Gasteiger partial charge is 0.236 e. The molecule has 1 aromatic rings. The summed E-state index contributed by atoms with van der Waals surface area (Å²) in [6, 6.07) is 0.519. The maximum absolute atomic E-state index is 12.5. The number of aryl methyl sites for hydroxylation is 1. The van der Waals surface area contributed by atoms with Crippen molar-refractivity contribution in [2.24, 2.45) is 5.92 Å². The first-order valence-corrected chi connectivity index (χ1v) is 8.73. The Hall–Kier alpha value is -1.36. The molecule has 22 heavy (non-hydrogen) atoms. The number of likely N-dealkylation sites (tertiary alicyclic amines) is 1. The Kier molecular flexibility index (Phi) is 5.13. The minimum Gasteiger partial charge on any atom is -0.338 e. The number of hydrogen-bond donors (Lipinski definition) is 1. The summed E-state index contributed by atoms with van der Waals surface area (Å²) in [4.78, 5) is 14.7. The summed E-state index contributed by atoms with van der Waals surface area (Å²) >= 11 is 0. The van der Waals surface area contributed by atoms with E-state index < -0.39 is 0 Å². The second-order valence-corrected chi connectivity index (χ2v) is 6.80. The molecule has 5 nitrogen and oxygen atoms in total. The highest BCUT2D eigenvalue weighted by atomic mass is 16.2. The monoisotopic (exact) mass is 304 g/mol. The average molecular weight is 304 g/mol. The van der Waals surface area contributed by atoms with Crippen LogP contribution in [0.15, 0.2) is 12.4 Å². The fourth-order valence-corrected chi connectivity index (χ4v) is 4.01. The van der Waals surface area contributed by atoms with E-state index >= 15 is 0 Å². The van der Waals surface area contributed by atoms with Crippen LogP contribution in [0.3, 0.4) is 0 Å². The van der Waals surface area contributed by atoms with Crippen LogP contribution in [0, 0.1) is 12.8 Å². The molecule has 0 spiro atoms. The first kappa shape index (κ1) is 15.5. The number of nitrogens with one attached hydrogen (secondary N) is 1. The maximum atomic E-state index is 12.5. The first-order valence-electron chi connectivity index (χ1n) is 8.73. The SMILES string of the molecule is Cc1cnn(CCNCC(=O)N2CCC[C@@H]3CCCC[C@@H]32)c1. The summed E-state index contributed by atoms with van der Waals surface area (Å²) in [5, 5.41) is 7.54. The molecule has 2 atom stereocenters. The largest absolute Gasteiger partial charge is 0.338 e. The minimum absolute atomic E-state index is 0.285. The molecule has 1 aromatic heterocycles. The molecule has 1 aliphatic carbocycles. The Labute approximate surface area is 133 Å². The van der Waals surface area contributed by atoms with Crippen LogP contribution in [0.1, 0.15) is 44.1 Å². The van der Waals surface area contributed by atoms with Gasteiger partial charge in [-0.05, 0) is 44.1 Å². The van der Waals surface area contributed by atoms with Crippen molar-refractivity contribution in [2.75, 3.05) is 19.6 Å². The zero-order valence-corrected chi connectivity index (χ0v) is 13.6. The van der Waals surface area contributed by atoms with Gasteiger partial charge < -0.3 is 10.2 Å². The molecule has 0 aromatic carbocycles. The molecule has 3 rings (SSSR count). The van der Waals surface area contributed by atoms with E-state index in [0.717, 1.165) is 25.6 Å². The number of hydrogen-bond acceptors (Lipinski definition) is 3. The number of fused-ring (bicyclic) bond motifs is 1. The number of carbonyl (C=O) groups excluding carboxylic acids is 1. The van der Waals surface area contributed by atoms with Crippen LogP contribution in [-0.2, 0) is 11.3 Å². The molecule has 1 saturated heterocycles. The lowest BCUT2D eigenvalue weighted by Gasteiger charge is -2.44. The Balaban J connectivity index is 1.43. The molecule has 1 amide bonds. The van der Waals surface area contributed by atoms with Gasteiger partial charge in [-0.15, -0.1) is 0 Å². The van der Waals surface area contributed by atoms with Crippen molar-refractivity contribution in [1.82, 2.24) is 20.0 Å². The van der Waals surface area contributed by atoms with Gasteiger partial charge in [0.05, 0.1) is 19.3 Å². The zero-order chi connectivity index (χ0) is 15.4. The van der Waals surface area contributed by atoms with Crippen LogP contribution in [0.25, 0.3) is 0 Å². The van der Waals surface area contributed by atoms with Gasteiger partial charge in [0.15, 0.2) is 0 Å². The van der Waals surface area contributed by atoms with E-state index in [0.29, 0.717) is 12.6 Å². The van der Waals surface area contributed by atoms with Crippen LogP contribution < -0.4 is 5.32 Å². The van der Waals surface area contributed by atoms with Crippen molar-refractivity contribution in [3.05, 3.63) is 18.0 Å². The topological polar surface area (TPSA) is 50.2 Å². The molecule has 1 aliphatic heterocycles. The molecule has 122 valence electrons. The van der Waals surface area contributed by atoms with Gasteiger partial charge in [-0.1, -0.05) is 12.8 Å². The van der Waals surface area contributed by atoms with E-state index in [9.17, 15) is 4.79 Å². The van der Waals surface area contributed by atoms with Gasteiger partial charge in [0.2, 0.25) is 5.91 Å². The lowest BCUT2D eigenvalue weighted by molar-refractivity contribution is -0.136. The van der Waals surface area contributed by atoms with Crippen LogP contribution in [0.2, 0.25) is 0 Å². The van der Waals surface area contributed by atoms with Crippen molar-refractivity contribution < 1.29 is 4.79 Å². The van der Waals surface area contributed by atoms with Crippen molar-refractivity contribution in [2.45, 2.75) is 58.0 Å². The number of amides is 1. The van der Waals surface area contributed by atoms with Gasteiger partial charge in [-0.2, -0.15) is 5.10 Å². The highest BCUT2D eigenvalue weighted by Gasteiger charge is 2.35. The normalized spacial score (nSPS) is 25.0. The molecule has 5 heteroatoms. The number of piperidine rings is 1. The highest BCUT2D eigenvalue weighted by molar-refractivity contribution is 5.78. The third kappa shape index (κ3) is 3.69. The van der Waals surface area contributed by atoms with E-state index in [2.05, 4.69) is 15.3 Å². The Morgan fingerprint density at radius 2 is 2.14 bits per heavy atom. The van der Waals surface area contributed by atoms with Gasteiger partial charge in [-0.25, -0.2) is 0 Å².